The van der Waals surface area contributed by atoms with Crippen LogP contribution in [0.25, 0.3) is 0 Å². The zero-order valence-electron chi connectivity index (χ0n) is 8.88. The van der Waals surface area contributed by atoms with Crippen molar-refractivity contribution < 1.29 is 0 Å². The Morgan fingerprint density at radius 3 is 2.81 bits per heavy atom. The molecule has 0 bridgehead atoms. The monoisotopic (exact) mass is 220 g/mol. The second-order valence-corrected chi connectivity index (χ2v) is 3.50. The molecule has 6 nitrogen and oxygen atoms in total. The van der Waals surface area contributed by atoms with Gasteiger partial charge >= 0.3 is 5.69 Å². The Morgan fingerprint density at radius 1 is 1.38 bits per heavy atom. The first-order valence-electron chi connectivity index (χ1n) is 4.93. The molecule has 2 aromatic rings. The van der Waals surface area contributed by atoms with Gasteiger partial charge in [-0.2, -0.15) is 5.10 Å². The van der Waals surface area contributed by atoms with Crippen LogP contribution in [0.5, 0.6) is 0 Å². The zero-order chi connectivity index (χ0) is 11.5. The fourth-order valence-electron chi connectivity index (χ4n) is 1.50. The number of aryl methyl sites for hydroxylation is 3. The van der Waals surface area contributed by atoms with Crippen molar-refractivity contribution in [3.8, 4) is 0 Å². The summed E-state index contributed by atoms with van der Waals surface area (Å²) in [6, 6.07) is 3.24. The van der Waals surface area contributed by atoms with Crippen molar-refractivity contribution in [2.75, 3.05) is 0 Å². The molecular weight excluding hydrogens is 208 g/mol. The van der Waals surface area contributed by atoms with Crippen molar-refractivity contribution in [2.45, 2.75) is 13.0 Å². The Hall–Kier alpha value is -2.11. The second-order valence-electron chi connectivity index (χ2n) is 3.50. The van der Waals surface area contributed by atoms with Gasteiger partial charge in [-0.25, -0.2) is 4.79 Å². The maximum absolute atomic E-state index is 11.4. The standard InChI is InChI=1S/C10H12N4O2/c1-13-8(2-5-11-13)3-6-14-7-4-9(15)12-10(14)16/h2,4-5,7H,3,6H2,1H3,(H,12,15,16). The first-order chi connectivity index (χ1) is 7.66. The molecule has 6 heteroatoms. The third-order valence-corrected chi connectivity index (χ3v) is 2.43. The minimum Gasteiger partial charge on any atom is -0.300 e. The van der Waals surface area contributed by atoms with Gasteiger partial charge in [-0.1, -0.05) is 0 Å². The number of H-pyrrole nitrogens is 1. The lowest BCUT2D eigenvalue weighted by molar-refractivity contribution is 0.608. The Bertz CT molecular complexity index is 593. The van der Waals surface area contributed by atoms with Crippen LogP contribution in [0, 0.1) is 0 Å². The molecule has 0 unspecified atom stereocenters. The molecule has 2 heterocycles. The summed E-state index contributed by atoms with van der Waals surface area (Å²) >= 11 is 0. The van der Waals surface area contributed by atoms with E-state index in [1.165, 1.54) is 16.8 Å². The van der Waals surface area contributed by atoms with Crippen LogP contribution in [0.2, 0.25) is 0 Å². The van der Waals surface area contributed by atoms with Gasteiger partial charge in [0.1, 0.15) is 0 Å². The van der Waals surface area contributed by atoms with Crippen molar-refractivity contribution in [3.05, 3.63) is 51.1 Å². The SMILES string of the molecule is Cn1nccc1CCn1ccc(=O)[nH]c1=O. The van der Waals surface area contributed by atoms with Crippen molar-refractivity contribution in [2.24, 2.45) is 7.05 Å². The smallest absolute Gasteiger partial charge is 0.300 e. The zero-order valence-corrected chi connectivity index (χ0v) is 8.88. The molecule has 0 amide bonds. The van der Waals surface area contributed by atoms with E-state index in [0.717, 1.165) is 5.69 Å². The van der Waals surface area contributed by atoms with Crippen LogP contribution in [-0.4, -0.2) is 19.3 Å². The van der Waals surface area contributed by atoms with Crippen molar-refractivity contribution in [3.63, 3.8) is 0 Å². The Morgan fingerprint density at radius 2 is 2.19 bits per heavy atom. The average molecular weight is 220 g/mol. The first-order valence-corrected chi connectivity index (χ1v) is 4.93. The number of rotatable bonds is 3. The molecule has 0 aliphatic rings. The van der Waals surface area contributed by atoms with Gasteiger partial charge in [0.15, 0.2) is 0 Å². The maximum atomic E-state index is 11.4. The molecule has 0 fully saturated rings. The lowest BCUT2D eigenvalue weighted by atomic mass is 10.3. The minimum atomic E-state index is -0.380. The second kappa shape index (κ2) is 4.18. The third-order valence-electron chi connectivity index (χ3n) is 2.43. The summed E-state index contributed by atoms with van der Waals surface area (Å²) in [5.74, 6) is 0. The highest BCUT2D eigenvalue weighted by atomic mass is 16.2. The number of aromatic nitrogens is 4. The van der Waals surface area contributed by atoms with Crippen LogP contribution >= 0.6 is 0 Å². The summed E-state index contributed by atoms with van der Waals surface area (Å²) in [6.45, 7) is 0.523. The van der Waals surface area contributed by atoms with E-state index in [1.54, 1.807) is 10.9 Å². The molecule has 1 N–H and O–H groups in total. The topological polar surface area (TPSA) is 72.7 Å². The largest absolute Gasteiger partial charge is 0.328 e. The van der Waals surface area contributed by atoms with E-state index >= 15 is 0 Å². The van der Waals surface area contributed by atoms with Crippen LogP contribution in [0.15, 0.2) is 34.1 Å². The van der Waals surface area contributed by atoms with E-state index in [9.17, 15) is 9.59 Å². The molecule has 2 aromatic heterocycles. The molecule has 0 aliphatic carbocycles. The van der Waals surface area contributed by atoms with Crippen molar-refractivity contribution in [1.29, 1.82) is 0 Å². The Labute approximate surface area is 91.2 Å². The Kier molecular flexibility index (Phi) is 2.72. The van der Waals surface area contributed by atoms with E-state index in [1.807, 2.05) is 13.1 Å². The summed E-state index contributed by atoms with van der Waals surface area (Å²) in [6.07, 6.45) is 3.91. The molecule has 0 saturated carbocycles. The minimum absolute atomic E-state index is 0.373. The van der Waals surface area contributed by atoms with Gasteiger partial charge in [0, 0.05) is 44.2 Å². The van der Waals surface area contributed by atoms with Gasteiger partial charge in [-0.15, -0.1) is 0 Å². The van der Waals surface area contributed by atoms with E-state index in [4.69, 9.17) is 0 Å². The Balaban J connectivity index is 2.14. The van der Waals surface area contributed by atoms with Crippen molar-refractivity contribution in [1.82, 2.24) is 19.3 Å². The van der Waals surface area contributed by atoms with E-state index in [-0.39, 0.29) is 11.2 Å². The molecule has 0 aromatic carbocycles. The van der Waals surface area contributed by atoms with E-state index in [0.29, 0.717) is 13.0 Å². The summed E-state index contributed by atoms with van der Waals surface area (Å²) in [7, 11) is 1.85. The lowest BCUT2D eigenvalue weighted by Crippen LogP contribution is -2.29. The molecular formula is C10H12N4O2. The van der Waals surface area contributed by atoms with Crippen LogP contribution in [0.1, 0.15) is 5.69 Å². The van der Waals surface area contributed by atoms with Gasteiger partial charge < -0.3 is 4.57 Å². The van der Waals surface area contributed by atoms with Gasteiger partial charge in [0.25, 0.3) is 5.56 Å². The number of hydrogen-bond donors (Lipinski definition) is 1. The summed E-state index contributed by atoms with van der Waals surface area (Å²) in [4.78, 5) is 24.4. The number of hydrogen-bond acceptors (Lipinski definition) is 3. The summed E-state index contributed by atoms with van der Waals surface area (Å²) in [5, 5.41) is 4.04. The highest BCUT2D eigenvalue weighted by molar-refractivity contribution is 5.00. The molecule has 16 heavy (non-hydrogen) atoms. The molecule has 84 valence electrons. The molecule has 0 radical (unpaired) electrons. The summed E-state index contributed by atoms with van der Waals surface area (Å²) in [5.41, 5.74) is 0.287. The number of nitrogens with zero attached hydrogens (tertiary/aromatic N) is 3. The molecule has 0 atom stereocenters. The van der Waals surface area contributed by atoms with Gasteiger partial charge in [-0.3, -0.25) is 14.5 Å². The lowest BCUT2D eigenvalue weighted by Gasteiger charge is -2.04. The number of aromatic amines is 1. The quantitative estimate of drug-likeness (QED) is 0.758. The van der Waals surface area contributed by atoms with Gasteiger partial charge in [0.2, 0.25) is 0 Å². The first kappa shape index (κ1) is 10.4. The van der Waals surface area contributed by atoms with Crippen LogP contribution in [-0.2, 0) is 20.0 Å². The molecule has 2 rings (SSSR count). The highest BCUT2D eigenvalue weighted by Crippen LogP contribution is 1.98. The number of nitrogens with one attached hydrogen (secondary N) is 1. The van der Waals surface area contributed by atoms with Crippen LogP contribution in [0.4, 0.5) is 0 Å². The van der Waals surface area contributed by atoms with E-state index in [2.05, 4.69) is 10.1 Å². The highest BCUT2D eigenvalue weighted by Gasteiger charge is 2.00. The molecule has 0 aliphatic heterocycles. The van der Waals surface area contributed by atoms with E-state index < -0.39 is 0 Å². The van der Waals surface area contributed by atoms with Crippen LogP contribution < -0.4 is 11.2 Å². The fraction of sp³-hybridized carbons (Fsp3) is 0.300. The third kappa shape index (κ3) is 2.10. The predicted octanol–water partition coefficient (Wildman–Crippen LogP) is -0.487. The molecule has 0 saturated heterocycles. The van der Waals surface area contributed by atoms with Gasteiger partial charge in [0.05, 0.1) is 0 Å². The normalized spacial score (nSPS) is 10.6. The average Bonchev–Trinajstić information content (AvgIpc) is 2.63. The van der Waals surface area contributed by atoms with Crippen molar-refractivity contribution >= 4 is 0 Å². The van der Waals surface area contributed by atoms with Crippen LogP contribution in [0.3, 0.4) is 0 Å². The summed E-state index contributed by atoms with van der Waals surface area (Å²) < 4.78 is 3.23. The predicted molar refractivity (Wildman–Crippen MR) is 58.2 cm³/mol. The maximum Gasteiger partial charge on any atom is 0.328 e. The fourth-order valence-corrected chi connectivity index (χ4v) is 1.50. The van der Waals surface area contributed by atoms with Gasteiger partial charge in [-0.05, 0) is 6.07 Å². The molecule has 0 spiro atoms.